The summed E-state index contributed by atoms with van der Waals surface area (Å²) in [5.74, 6) is 0.352. The van der Waals surface area contributed by atoms with Gasteiger partial charge in [0, 0.05) is 0 Å². The lowest BCUT2D eigenvalue weighted by molar-refractivity contribution is 0.0442. The first-order valence-corrected chi connectivity index (χ1v) is 4.27. The summed E-state index contributed by atoms with van der Waals surface area (Å²) in [4.78, 5) is 0. The predicted octanol–water partition coefficient (Wildman–Crippen LogP) is 1.91. The van der Waals surface area contributed by atoms with Crippen LogP contribution in [0.1, 0.15) is 24.0 Å². The normalized spacial score (nSPS) is 22.7. The Hall–Kier alpha value is -1.02. The van der Waals surface area contributed by atoms with E-state index < -0.39 is 0 Å². The zero-order chi connectivity index (χ0) is 8.18. The van der Waals surface area contributed by atoms with E-state index in [1.165, 1.54) is 11.1 Å². The Labute approximate surface area is 70.8 Å². The number of hydrogen-bond donors (Lipinski definition) is 1. The van der Waals surface area contributed by atoms with E-state index in [2.05, 4.69) is 0 Å². The lowest BCUT2D eigenvalue weighted by atomic mass is 10.0. The van der Waals surface area contributed by atoms with E-state index >= 15 is 0 Å². The lowest BCUT2D eigenvalue weighted by Crippen LogP contribution is -2.01. The number of hydrogen-bond acceptors (Lipinski definition) is 2. The molecule has 0 atom stereocenters. The van der Waals surface area contributed by atoms with Crippen LogP contribution in [0.25, 0.3) is 0 Å². The van der Waals surface area contributed by atoms with Crippen LogP contribution in [0.4, 0.5) is 0 Å². The molecule has 0 radical (unpaired) electrons. The van der Waals surface area contributed by atoms with Gasteiger partial charge in [0.2, 0.25) is 0 Å². The van der Waals surface area contributed by atoms with Gasteiger partial charge in [-0.15, -0.1) is 0 Å². The molecule has 0 aromatic heterocycles. The number of aromatic hydroxyl groups is 1. The summed E-state index contributed by atoms with van der Waals surface area (Å²) in [6.45, 7) is 0.718. The number of rotatable bonds is 0. The number of phenolic OH excluding ortho intramolecular Hbond substituents is 1. The van der Waals surface area contributed by atoms with E-state index in [9.17, 15) is 5.11 Å². The van der Waals surface area contributed by atoms with Gasteiger partial charge in [0.05, 0.1) is 12.2 Å². The molecular formula is C10H10O2. The van der Waals surface area contributed by atoms with E-state index in [0.717, 1.165) is 19.4 Å². The van der Waals surface area contributed by atoms with E-state index in [4.69, 9.17) is 4.74 Å². The minimum absolute atomic E-state index is 0.00801. The van der Waals surface area contributed by atoms with E-state index in [1.54, 1.807) is 6.07 Å². The molecule has 1 aliphatic carbocycles. The summed E-state index contributed by atoms with van der Waals surface area (Å²) in [5, 5.41) is 9.30. The largest absolute Gasteiger partial charge is 0.508 e. The monoisotopic (exact) mass is 162 g/mol. The molecule has 1 aliphatic heterocycles. The second-order valence-electron chi connectivity index (χ2n) is 3.62. The van der Waals surface area contributed by atoms with Crippen LogP contribution in [0, 0.1) is 0 Å². The molecule has 1 spiro atoms. The van der Waals surface area contributed by atoms with Crippen molar-refractivity contribution in [2.75, 3.05) is 0 Å². The molecule has 0 saturated heterocycles. The van der Waals surface area contributed by atoms with Crippen LogP contribution in [0.15, 0.2) is 18.2 Å². The first kappa shape index (κ1) is 6.49. The van der Waals surface area contributed by atoms with Gasteiger partial charge in [-0.3, -0.25) is 0 Å². The molecule has 1 N–H and O–H groups in total. The Bertz CT molecular complexity index is 340. The van der Waals surface area contributed by atoms with E-state index in [-0.39, 0.29) is 5.60 Å². The van der Waals surface area contributed by atoms with Gasteiger partial charge in [-0.1, -0.05) is 6.07 Å². The summed E-state index contributed by atoms with van der Waals surface area (Å²) in [5.41, 5.74) is 2.46. The molecule has 0 bridgehead atoms. The summed E-state index contributed by atoms with van der Waals surface area (Å²) in [6.07, 6.45) is 2.23. The fourth-order valence-corrected chi connectivity index (χ4v) is 1.94. The number of ether oxygens (including phenoxy) is 1. The molecule has 1 aromatic rings. The summed E-state index contributed by atoms with van der Waals surface area (Å²) in [7, 11) is 0. The highest BCUT2D eigenvalue weighted by molar-refractivity contribution is 5.43. The first-order chi connectivity index (χ1) is 5.80. The SMILES string of the molecule is Oc1ccc2c(c1)C1(CC1)OC2. The van der Waals surface area contributed by atoms with E-state index in [1.807, 2.05) is 12.1 Å². The maximum Gasteiger partial charge on any atom is 0.115 e. The Kier molecular flexibility index (Phi) is 0.989. The fraction of sp³-hybridized carbons (Fsp3) is 0.400. The highest BCUT2D eigenvalue weighted by Crippen LogP contribution is 2.55. The molecule has 62 valence electrons. The van der Waals surface area contributed by atoms with Gasteiger partial charge >= 0.3 is 0 Å². The van der Waals surface area contributed by atoms with Crippen LogP contribution in [-0.2, 0) is 16.9 Å². The standard InChI is InChI=1S/C10H10O2/c11-8-2-1-7-6-12-10(3-4-10)9(7)5-8/h1-2,5,11H,3-4,6H2. The molecule has 2 heteroatoms. The van der Waals surface area contributed by atoms with Crippen molar-refractivity contribution in [3.05, 3.63) is 29.3 Å². The van der Waals surface area contributed by atoms with Gasteiger partial charge in [0.1, 0.15) is 5.75 Å². The number of benzene rings is 1. The van der Waals surface area contributed by atoms with E-state index in [0.29, 0.717) is 5.75 Å². The maximum absolute atomic E-state index is 9.30. The summed E-state index contributed by atoms with van der Waals surface area (Å²) in [6, 6.07) is 5.52. The molecule has 1 aromatic carbocycles. The van der Waals surface area contributed by atoms with Crippen molar-refractivity contribution in [1.29, 1.82) is 0 Å². The van der Waals surface area contributed by atoms with Gasteiger partial charge in [-0.25, -0.2) is 0 Å². The molecule has 1 heterocycles. The summed E-state index contributed by atoms with van der Waals surface area (Å²) < 4.78 is 5.67. The first-order valence-electron chi connectivity index (χ1n) is 4.27. The molecule has 2 aliphatic rings. The number of phenols is 1. The topological polar surface area (TPSA) is 29.5 Å². The average Bonchev–Trinajstić information content (AvgIpc) is 2.74. The van der Waals surface area contributed by atoms with Crippen molar-refractivity contribution in [1.82, 2.24) is 0 Å². The predicted molar refractivity (Wildman–Crippen MR) is 43.8 cm³/mol. The highest BCUT2D eigenvalue weighted by Gasteiger charge is 2.50. The highest BCUT2D eigenvalue weighted by atomic mass is 16.5. The zero-order valence-electron chi connectivity index (χ0n) is 6.71. The third kappa shape index (κ3) is 0.681. The third-order valence-corrected chi connectivity index (χ3v) is 2.79. The molecule has 1 fully saturated rings. The van der Waals surface area contributed by atoms with Crippen LogP contribution in [0.2, 0.25) is 0 Å². The average molecular weight is 162 g/mol. The van der Waals surface area contributed by atoms with Crippen LogP contribution >= 0.6 is 0 Å². The van der Waals surface area contributed by atoms with Crippen LogP contribution in [-0.4, -0.2) is 5.11 Å². The van der Waals surface area contributed by atoms with Crippen LogP contribution in [0.3, 0.4) is 0 Å². The molecule has 0 amide bonds. The maximum atomic E-state index is 9.30. The van der Waals surface area contributed by atoms with Crippen molar-refractivity contribution >= 4 is 0 Å². The van der Waals surface area contributed by atoms with Gasteiger partial charge in [-0.05, 0) is 36.1 Å². The minimum atomic E-state index is 0.00801. The Morgan fingerprint density at radius 1 is 1.33 bits per heavy atom. The van der Waals surface area contributed by atoms with Gasteiger partial charge < -0.3 is 9.84 Å². The molecule has 3 rings (SSSR count). The molecule has 1 saturated carbocycles. The van der Waals surface area contributed by atoms with Crippen molar-refractivity contribution in [2.45, 2.75) is 25.0 Å². The quantitative estimate of drug-likeness (QED) is 0.631. The minimum Gasteiger partial charge on any atom is -0.508 e. The molecule has 2 nitrogen and oxygen atoms in total. The van der Waals surface area contributed by atoms with Crippen LogP contribution in [0.5, 0.6) is 5.75 Å². The van der Waals surface area contributed by atoms with Crippen molar-refractivity contribution in [2.24, 2.45) is 0 Å². The van der Waals surface area contributed by atoms with Gasteiger partial charge in [0.25, 0.3) is 0 Å². The summed E-state index contributed by atoms with van der Waals surface area (Å²) >= 11 is 0. The molecular weight excluding hydrogens is 152 g/mol. The van der Waals surface area contributed by atoms with Gasteiger partial charge in [-0.2, -0.15) is 0 Å². The second-order valence-corrected chi connectivity index (χ2v) is 3.62. The Morgan fingerprint density at radius 2 is 2.17 bits per heavy atom. The second kappa shape index (κ2) is 1.83. The van der Waals surface area contributed by atoms with Crippen molar-refractivity contribution < 1.29 is 9.84 Å². The zero-order valence-corrected chi connectivity index (χ0v) is 6.71. The molecule has 0 unspecified atom stereocenters. The van der Waals surface area contributed by atoms with Gasteiger partial charge in [0.15, 0.2) is 0 Å². The lowest BCUT2D eigenvalue weighted by Gasteiger charge is -2.06. The molecule has 12 heavy (non-hydrogen) atoms. The van der Waals surface area contributed by atoms with Crippen molar-refractivity contribution in [3.8, 4) is 5.75 Å². The van der Waals surface area contributed by atoms with Crippen molar-refractivity contribution in [3.63, 3.8) is 0 Å². The number of fused-ring (bicyclic) bond motifs is 2. The fourth-order valence-electron chi connectivity index (χ4n) is 1.94. The Morgan fingerprint density at radius 3 is 2.92 bits per heavy atom. The van der Waals surface area contributed by atoms with Crippen LogP contribution < -0.4 is 0 Å². The smallest absolute Gasteiger partial charge is 0.115 e. The third-order valence-electron chi connectivity index (χ3n) is 2.79. The Balaban J connectivity index is 2.20.